The highest BCUT2D eigenvalue weighted by Crippen LogP contribution is 2.41. The quantitative estimate of drug-likeness (QED) is 0.0965. The Kier molecular flexibility index (Phi) is 23.1. The summed E-state index contributed by atoms with van der Waals surface area (Å²) in [4.78, 5) is 0. The number of nitrogens with zero attached hydrogens (tertiary/aromatic N) is 4. The first-order valence-corrected chi connectivity index (χ1v) is 34.4. The number of aryl methyl sites for hydroxylation is 10. The molecule has 0 unspecified atom stereocenters. The minimum absolute atomic E-state index is 0.148. The maximum absolute atomic E-state index is 9.62. The molecule has 96 heavy (non-hydrogen) atoms. The van der Waals surface area contributed by atoms with E-state index < -0.39 is 11.8 Å². The first kappa shape index (κ1) is 67.8. The first-order chi connectivity index (χ1) is 46.8. The molecular weight excluding hydrogens is 1160 g/mol. The van der Waals surface area contributed by atoms with Crippen molar-refractivity contribution in [1.29, 1.82) is 0 Å². The molecule has 4 nitrogen and oxygen atoms in total. The summed E-state index contributed by atoms with van der Waals surface area (Å²) < 4.78 is 28.0. The molecule has 12 rings (SSSR count). The van der Waals surface area contributed by atoms with Gasteiger partial charge in [-0.25, -0.2) is 18.3 Å². The number of rotatable bonds is 14. The zero-order chi connectivity index (χ0) is 70.6. The van der Waals surface area contributed by atoms with Crippen molar-refractivity contribution >= 4 is 0 Å². The predicted molar refractivity (Wildman–Crippen MR) is 407 cm³/mol. The molecule has 0 aliphatic heterocycles. The first-order valence-electron chi connectivity index (χ1n) is 35.4. The Morgan fingerprint density at radius 2 is 0.562 bits per heavy atom. The molecule has 0 aliphatic carbocycles. The van der Waals surface area contributed by atoms with Crippen molar-refractivity contribution in [2.75, 3.05) is 0 Å². The summed E-state index contributed by atoms with van der Waals surface area (Å²) in [5, 5.41) is 0. The lowest BCUT2D eigenvalue weighted by Gasteiger charge is -2.30. The van der Waals surface area contributed by atoms with Crippen molar-refractivity contribution in [3.05, 3.63) is 312 Å². The lowest BCUT2D eigenvalue weighted by atomic mass is 9.75. The van der Waals surface area contributed by atoms with E-state index >= 15 is 0 Å². The third-order valence-electron chi connectivity index (χ3n) is 18.5. The summed E-state index contributed by atoms with van der Waals surface area (Å²) >= 11 is 0. The van der Waals surface area contributed by atoms with Crippen LogP contribution in [-0.2, 0) is 28.2 Å². The summed E-state index contributed by atoms with van der Waals surface area (Å²) in [5.74, 6) is -0.884. The Balaban J connectivity index is 0.000000158. The van der Waals surface area contributed by atoms with Crippen molar-refractivity contribution in [1.82, 2.24) is 0 Å². The second kappa shape index (κ2) is 32.7. The molecule has 4 aromatic heterocycles. The lowest BCUT2D eigenvalue weighted by Crippen LogP contribution is -2.30. The molecule has 0 radical (unpaired) electrons. The largest absolute Gasteiger partial charge is 0.213 e. The van der Waals surface area contributed by atoms with Gasteiger partial charge in [0, 0.05) is 72.0 Å². The molecule has 488 valence electrons. The van der Waals surface area contributed by atoms with E-state index in [0.29, 0.717) is 0 Å². The van der Waals surface area contributed by atoms with Crippen LogP contribution in [-0.4, -0.2) is 0 Å². The summed E-state index contributed by atoms with van der Waals surface area (Å²) in [6.45, 7) is 30.1. The van der Waals surface area contributed by atoms with Gasteiger partial charge in [0.15, 0.2) is 24.8 Å². The molecule has 0 fully saturated rings. The van der Waals surface area contributed by atoms with Crippen molar-refractivity contribution < 1.29 is 21.0 Å². The van der Waals surface area contributed by atoms with E-state index in [9.17, 15) is 2.74 Å². The minimum Gasteiger partial charge on any atom is -0.201 e. The Morgan fingerprint density at radius 1 is 0.250 bits per heavy atom. The van der Waals surface area contributed by atoms with Gasteiger partial charge in [-0.2, -0.15) is 0 Å². The van der Waals surface area contributed by atoms with E-state index in [-0.39, 0.29) is 23.7 Å². The molecule has 4 heteroatoms. The van der Waals surface area contributed by atoms with Crippen molar-refractivity contribution in [3.63, 3.8) is 0 Å². The van der Waals surface area contributed by atoms with Crippen LogP contribution in [0.15, 0.2) is 267 Å². The Bertz CT molecular complexity index is 4490. The zero-order valence-electron chi connectivity index (χ0n) is 62.5. The summed E-state index contributed by atoms with van der Waals surface area (Å²) in [6.07, 6.45) is 8.73. The van der Waals surface area contributed by atoms with Gasteiger partial charge >= 0.3 is 0 Å². The minimum atomic E-state index is -0.738. The molecule has 0 bridgehead atoms. The summed E-state index contributed by atoms with van der Waals surface area (Å²) in [5.41, 5.74) is 29.5. The van der Waals surface area contributed by atoms with E-state index in [1.165, 1.54) is 106 Å². The van der Waals surface area contributed by atoms with Crippen LogP contribution in [0, 0.1) is 65.2 Å². The molecule has 0 saturated heterocycles. The van der Waals surface area contributed by atoms with Crippen LogP contribution in [0.5, 0.6) is 0 Å². The molecular formula is C92H104N4+4. The SMILES string of the molecule is Cc1cccc(-c2ccc(-c3ccccc3C)[n+](C)c2)c1.Cc1cccc(-c2ccc(-c3ccccc3C)[n+](C)c2)c1.Cc1ccccc1-c1ccc(-c2ccccc2)c[n+]1C.[2H]C(c1cc(-c2cc[n+](C)c(-c3ccccc3C)c2)cc(C([2H])(C(C)C)C(C)C)c1)(C(C)C)C(C)C. The second-order valence-corrected chi connectivity index (χ2v) is 27.3. The van der Waals surface area contributed by atoms with Gasteiger partial charge in [0.25, 0.3) is 0 Å². The van der Waals surface area contributed by atoms with Gasteiger partial charge in [-0.3, -0.25) is 0 Å². The number of benzene rings is 8. The van der Waals surface area contributed by atoms with Crippen LogP contribution in [0.1, 0.15) is 114 Å². The Morgan fingerprint density at radius 3 is 0.896 bits per heavy atom. The van der Waals surface area contributed by atoms with Crippen LogP contribution in [0.25, 0.3) is 89.5 Å². The fourth-order valence-corrected chi connectivity index (χ4v) is 13.7. The number of pyridine rings is 4. The second-order valence-electron chi connectivity index (χ2n) is 27.3. The van der Waals surface area contributed by atoms with E-state index in [1.807, 2.05) is 6.07 Å². The monoisotopic (exact) mass is 1270 g/mol. The van der Waals surface area contributed by atoms with Gasteiger partial charge in [-0.05, 0) is 181 Å². The van der Waals surface area contributed by atoms with Gasteiger partial charge in [0.1, 0.15) is 28.2 Å². The average molecular weight is 1270 g/mol. The van der Waals surface area contributed by atoms with Crippen molar-refractivity contribution in [2.24, 2.45) is 51.9 Å². The molecule has 12 aromatic rings. The number of hydrogen-bond donors (Lipinski definition) is 0. The highest BCUT2D eigenvalue weighted by molar-refractivity contribution is 5.73. The molecule has 0 atom stereocenters. The van der Waals surface area contributed by atoms with Crippen LogP contribution in [0.4, 0.5) is 0 Å². The molecule has 0 N–H and O–H groups in total. The number of hydrogen-bond acceptors (Lipinski definition) is 0. The standard InChI is InChI=1S/C33H46N.2C20H20N.C19H18N/c1-21(2)32(22(3)4)28-17-27(18-29(19-28)33(23(5)6)24(7)8)26-15-16-34(10)31(20-26)30-14-12-11-13-25(30)9;2*1-15-7-6-9-17(13-15)18-11-12-20(21(3)14-18)19-10-5-4-8-16(19)2;1-15-8-6-7-11-18(15)19-13-12-17(14-20(19)2)16-9-4-3-5-10-16/h11-24,32-33H,1-10H3;2*4-14H,1-3H3;3-14H,1-2H3/q4*+1/i32D,33D;;;. The molecule has 8 aromatic carbocycles. The molecule has 0 aliphatic rings. The molecule has 0 amide bonds. The van der Waals surface area contributed by atoms with E-state index in [0.717, 1.165) is 27.9 Å². The molecule has 4 heterocycles. The van der Waals surface area contributed by atoms with Gasteiger partial charge in [0.2, 0.25) is 22.8 Å². The third-order valence-corrected chi connectivity index (χ3v) is 18.5. The molecule has 0 spiro atoms. The molecule has 0 saturated carbocycles. The fourth-order valence-electron chi connectivity index (χ4n) is 13.7. The Hall–Kier alpha value is -9.64. The van der Waals surface area contributed by atoms with Gasteiger partial charge in [-0.15, -0.1) is 0 Å². The highest BCUT2D eigenvalue weighted by Gasteiger charge is 2.27. The van der Waals surface area contributed by atoms with Crippen LogP contribution >= 0.6 is 0 Å². The summed E-state index contributed by atoms with van der Waals surface area (Å²) in [6, 6.07) is 86.0. The number of aromatic nitrogens is 4. The predicted octanol–water partition coefficient (Wildman–Crippen LogP) is 22.0. The zero-order valence-corrected chi connectivity index (χ0v) is 60.5. The highest BCUT2D eigenvalue weighted by atomic mass is 14.9. The van der Waals surface area contributed by atoms with E-state index in [4.69, 9.17) is 0 Å². The average Bonchev–Trinajstić information content (AvgIpc) is 0.753. The van der Waals surface area contributed by atoms with Crippen LogP contribution < -0.4 is 18.3 Å². The van der Waals surface area contributed by atoms with Crippen LogP contribution in [0.3, 0.4) is 0 Å². The van der Waals surface area contributed by atoms with Gasteiger partial charge < -0.3 is 0 Å². The van der Waals surface area contributed by atoms with Crippen LogP contribution in [0.2, 0.25) is 0 Å². The fraction of sp³-hybridized carbons (Fsp3) is 0.261. The Labute approximate surface area is 579 Å². The van der Waals surface area contributed by atoms with Gasteiger partial charge in [0.05, 0.1) is 0 Å². The maximum atomic E-state index is 9.62. The van der Waals surface area contributed by atoms with E-state index in [2.05, 4.69) is 405 Å². The maximum Gasteiger partial charge on any atom is 0.213 e. The van der Waals surface area contributed by atoms with Crippen molar-refractivity contribution in [3.8, 4) is 89.5 Å². The van der Waals surface area contributed by atoms with Gasteiger partial charge in [-0.1, -0.05) is 236 Å². The smallest absolute Gasteiger partial charge is 0.201 e. The lowest BCUT2D eigenvalue weighted by molar-refractivity contribution is -0.660. The third kappa shape index (κ3) is 17.6. The van der Waals surface area contributed by atoms with Crippen molar-refractivity contribution in [2.45, 2.75) is 109 Å². The van der Waals surface area contributed by atoms with E-state index in [1.54, 1.807) is 0 Å². The topological polar surface area (TPSA) is 15.5 Å². The summed E-state index contributed by atoms with van der Waals surface area (Å²) in [7, 11) is 8.42. The normalized spacial score (nSPS) is 11.7.